The topological polar surface area (TPSA) is 88.2 Å². The molecule has 0 saturated carbocycles. The molecule has 1 N–H and O–H groups in total. The molecule has 34 heavy (non-hydrogen) atoms. The molecule has 9 heteroatoms. The molecule has 1 amide bonds. The van der Waals surface area contributed by atoms with Gasteiger partial charge in [-0.05, 0) is 55.3 Å². The highest BCUT2D eigenvalue weighted by Crippen LogP contribution is 2.25. The van der Waals surface area contributed by atoms with Gasteiger partial charge in [0.05, 0.1) is 30.8 Å². The molecular formula is C25H33N3O5S. The number of amides is 1. The SMILES string of the molecule is COc1ccc(S(=O)(=O)NCc2ccc(CN3CCCCC3)cc2)cc1C(=O)N1CCOCC1. The highest BCUT2D eigenvalue weighted by atomic mass is 32.2. The number of morpholine rings is 1. The van der Waals surface area contributed by atoms with Gasteiger partial charge in [-0.2, -0.15) is 0 Å². The Labute approximate surface area is 201 Å². The summed E-state index contributed by atoms with van der Waals surface area (Å²) in [4.78, 5) is 17.1. The zero-order valence-corrected chi connectivity index (χ0v) is 20.5. The molecule has 2 heterocycles. The Bertz CT molecular complexity index is 1080. The molecule has 2 saturated heterocycles. The minimum absolute atomic E-state index is 0.0339. The molecule has 0 radical (unpaired) electrons. The second kappa shape index (κ2) is 11.3. The average Bonchev–Trinajstić information content (AvgIpc) is 2.88. The standard InChI is InChI=1S/C25H33N3O5S/c1-32-24-10-9-22(17-23(24)25(29)28-13-15-33-16-14-28)34(30,31)26-18-20-5-7-21(8-6-20)19-27-11-3-2-4-12-27/h5-10,17,26H,2-4,11-16,18-19H2,1H3. The summed E-state index contributed by atoms with van der Waals surface area (Å²) in [5.74, 6) is 0.0845. The van der Waals surface area contributed by atoms with E-state index in [1.165, 1.54) is 50.1 Å². The van der Waals surface area contributed by atoms with E-state index in [4.69, 9.17) is 9.47 Å². The maximum absolute atomic E-state index is 13.0. The fraction of sp³-hybridized carbons (Fsp3) is 0.480. The molecule has 0 bridgehead atoms. The maximum Gasteiger partial charge on any atom is 0.257 e. The number of nitrogens with one attached hydrogen (secondary N) is 1. The Morgan fingerprint density at radius 1 is 0.971 bits per heavy atom. The van der Waals surface area contributed by atoms with Gasteiger partial charge in [-0.3, -0.25) is 9.69 Å². The number of hydrogen-bond acceptors (Lipinski definition) is 6. The molecule has 184 valence electrons. The third kappa shape index (κ3) is 6.15. The maximum atomic E-state index is 13.0. The van der Waals surface area contributed by atoms with Gasteiger partial charge in [-0.25, -0.2) is 13.1 Å². The van der Waals surface area contributed by atoms with Crippen LogP contribution in [-0.2, 0) is 27.8 Å². The van der Waals surface area contributed by atoms with Crippen LogP contribution in [0.25, 0.3) is 0 Å². The van der Waals surface area contributed by atoms with Gasteiger partial charge in [-0.1, -0.05) is 30.7 Å². The van der Waals surface area contributed by atoms with Gasteiger partial charge in [-0.15, -0.1) is 0 Å². The first-order chi connectivity index (χ1) is 16.5. The number of piperidine rings is 1. The van der Waals surface area contributed by atoms with E-state index < -0.39 is 10.0 Å². The molecule has 2 aromatic rings. The fourth-order valence-corrected chi connectivity index (χ4v) is 5.40. The number of ether oxygens (including phenoxy) is 2. The normalized spacial score (nSPS) is 17.5. The molecular weight excluding hydrogens is 454 g/mol. The Kier molecular flexibility index (Phi) is 8.20. The summed E-state index contributed by atoms with van der Waals surface area (Å²) in [5, 5.41) is 0. The number of sulfonamides is 1. The van der Waals surface area contributed by atoms with Gasteiger partial charge in [0.2, 0.25) is 10.0 Å². The van der Waals surface area contributed by atoms with Crippen LogP contribution >= 0.6 is 0 Å². The average molecular weight is 488 g/mol. The van der Waals surface area contributed by atoms with Crippen molar-refractivity contribution >= 4 is 15.9 Å². The lowest BCUT2D eigenvalue weighted by molar-refractivity contribution is 0.0300. The van der Waals surface area contributed by atoms with E-state index in [1.54, 1.807) is 4.90 Å². The summed E-state index contributed by atoms with van der Waals surface area (Å²) in [6.45, 7) is 5.23. The van der Waals surface area contributed by atoms with Gasteiger partial charge < -0.3 is 14.4 Å². The molecule has 8 nitrogen and oxygen atoms in total. The third-order valence-electron chi connectivity index (χ3n) is 6.35. The van der Waals surface area contributed by atoms with E-state index in [0.29, 0.717) is 32.1 Å². The number of carbonyl (C=O) groups excluding carboxylic acids is 1. The molecule has 4 rings (SSSR count). The summed E-state index contributed by atoms with van der Waals surface area (Å²) in [7, 11) is -2.35. The first-order valence-corrected chi connectivity index (χ1v) is 13.3. The van der Waals surface area contributed by atoms with Crippen LogP contribution in [0.3, 0.4) is 0 Å². The largest absolute Gasteiger partial charge is 0.496 e. The number of nitrogens with zero attached hydrogens (tertiary/aromatic N) is 2. The van der Waals surface area contributed by atoms with Crippen LogP contribution < -0.4 is 9.46 Å². The lowest BCUT2D eigenvalue weighted by atomic mass is 10.1. The van der Waals surface area contributed by atoms with Crippen LogP contribution in [-0.4, -0.2) is 70.6 Å². The van der Waals surface area contributed by atoms with E-state index in [1.807, 2.05) is 12.1 Å². The van der Waals surface area contributed by atoms with Crippen molar-refractivity contribution in [2.24, 2.45) is 0 Å². The molecule has 0 aliphatic carbocycles. The second-order valence-corrected chi connectivity index (χ2v) is 10.5. The van der Waals surface area contributed by atoms with Gasteiger partial charge in [0.15, 0.2) is 0 Å². The summed E-state index contributed by atoms with van der Waals surface area (Å²) in [6, 6.07) is 12.4. The van der Waals surface area contributed by atoms with Gasteiger partial charge >= 0.3 is 0 Å². The zero-order chi connectivity index (χ0) is 24.0. The Hall–Kier alpha value is -2.46. The number of rotatable bonds is 8. The van der Waals surface area contributed by atoms with Crippen LogP contribution in [0.2, 0.25) is 0 Å². The highest BCUT2D eigenvalue weighted by Gasteiger charge is 2.24. The monoisotopic (exact) mass is 487 g/mol. The summed E-state index contributed by atoms with van der Waals surface area (Å²) in [5.41, 5.74) is 2.34. The number of carbonyl (C=O) groups is 1. The van der Waals surface area contributed by atoms with E-state index in [9.17, 15) is 13.2 Å². The van der Waals surface area contributed by atoms with Crippen molar-refractivity contribution in [2.45, 2.75) is 37.2 Å². The molecule has 0 unspecified atom stereocenters. The zero-order valence-electron chi connectivity index (χ0n) is 19.7. The van der Waals surface area contributed by atoms with E-state index >= 15 is 0 Å². The van der Waals surface area contributed by atoms with E-state index in [2.05, 4.69) is 21.8 Å². The van der Waals surface area contributed by atoms with Crippen molar-refractivity contribution in [3.05, 3.63) is 59.2 Å². The number of likely N-dealkylation sites (tertiary alicyclic amines) is 1. The quantitative estimate of drug-likeness (QED) is 0.616. The second-order valence-electron chi connectivity index (χ2n) is 8.74. The first kappa shape index (κ1) is 24.7. The number of methoxy groups -OCH3 is 1. The van der Waals surface area contributed by atoms with Crippen molar-refractivity contribution in [3.63, 3.8) is 0 Å². The minimum atomic E-state index is -3.81. The summed E-state index contributed by atoms with van der Waals surface area (Å²) in [6.07, 6.45) is 3.82. The van der Waals surface area contributed by atoms with E-state index in [-0.39, 0.29) is 22.9 Å². The van der Waals surface area contributed by atoms with Crippen molar-refractivity contribution in [1.82, 2.24) is 14.5 Å². The Morgan fingerprint density at radius 2 is 1.65 bits per heavy atom. The van der Waals surface area contributed by atoms with E-state index in [0.717, 1.165) is 25.2 Å². The molecule has 2 fully saturated rings. The highest BCUT2D eigenvalue weighted by molar-refractivity contribution is 7.89. The lowest BCUT2D eigenvalue weighted by Gasteiger charge is -2.27. The molecule has 2 aliphatic heterocycles. The summed E-state index contributed by atoms with van der Waals surface area (Å²) >= 11 is 0. The van der Waals surface area contributed by atoms with Crippen LogP contribution in [0.1, 0.15) is 40.7 Å². The number of benzene rings is 2. The fourth-order valence-electron chi connectivity index (χ4n) is 4.36. The molecule has 0 aromatic heterocycles. The molecule has 0 spiro atoms. The first-order valence-electron chi connectivity index (χ1n) is 11.8. The van der Waals surface area contributed by atoms with Gasteiger partial charge in [0.1, 0.15) is 5.75 Å². The van der Waals surface area contributed by atoms with Crippen molar-refractivity contribution in [2.75, 3.05) is 46.5 Å². The van der Waals surface area contributed by atoms with Crippen molar-refractivity contribution in [3.8, 4) is 5.75 Å². The predicted octanol–water partition coefficient (Wildman–Crippen LogP) is 2.63. The van der Waals surface area contributed by atoms with Crippen LogP contribution in [0, 0.1) is 0 Å². The Morgan fingerprint density at radius 3 is 2.32 bits per heavy atom. The van der Waals surface area contributed by atoms with Crippen LogP contribution in [0.5, 0.6) is 5.75 Å². The molecule has 2 aliphatic rings. The van der Waals surface area contributed by atoms with Crippen molar-refractivity contribution in [1.29, 1.82) is 0 Å². The molecule has 0 atom stereocenters. The van der Waals surface area contributed by atoms with Gasteiger partial charge in [0, 0.05) is 26.2 Å². The Balaban J connectivity index is 1.42. The van der Waals surface area contributed by atoms with Crippen LogP contribution in [0.15, 0.2) is 47.4 Å². The smallest absolute Gasteiger partial charge is 0.257 e. The summed E-state index contributed by atoms with van der Waals surface area (Å²) < 4.78 is 39.2. The molecule has 2 aromatic carbocycles. The minimum Gasteiger partial charge on any atom is -0.496 e. The third-order valence-corrected chi connectivity index (χ3v) is 7.75. The number of hydrogen-bond donors (Lipinski definition) is 1. The lowest BCUT2D eigenvalue weighted by Crippen LogP contribution is -2.40. The van der Waals surface area contributed by atoms with Crippen molar-refractivity contribution < 1.29 is 22.7 Å². The predicted molar refractivity (Wildman–Crippen MR) is 129 cm³/mol. The van der Waals surface area contributed by atoms with Crippen LogP contribution in [0.4, 0.5) is 0 Å². The van der Waals surface area contributed by atoms with Gasteiger partial charge in [0.25, 0.3) is 5.91 Å².